The maximum atomic E-state index is 12.2. The van der Waals surface area contributed by atoms with E-state index < -0.39 is 26.7 Å². The second-order valence-electron chi connectivity index (χ2n) is 4.85. The molecule has 0 heterocycles. The van der Waals surface area contributed by atoms with Gasteiger partial charge in [-0.05, 0) is 18.1 Å². The molecule has 122 valence electrons. The van der Waals surface area contributed by atoms with Gasteiger partial charge in [-0.1, -0.05) is 18.5 Å². The van der Waals surface area contributed by atoms with Gasteiger partial charge in [-0.15, -0.1) is 11.6 Å². The number of hydrogen-bond donors (Lipinski definition) is 2. The molecule has 9 heteroatoms. The Morgan fingerprint density at radius 3 is 2.41 bits per heavy atom. The van der Waals surface area contributed by atoms with Crippen LogP contribution in [0.15, 0.2) is 17.0 Å². The SMILES string of the molecule is CC(CCl)CNC(=O)c1c(S(C)(=O)=O)ccc(C(=O)O)c1Cl. The van der Waals surface area contributed by atoms with E-state index in [-0.39, 0.29) is 28.5 Å². The molecule has 1 rings (SSSR count). The van der Waals surface area contributed by atoms with Crippen LogP contribution in [0.2, 0.25) is 5.02 Å². The number of alkyl halides is 1. The molecule has 0 aliphatic carbocycles. The molecule has 6 nitrogen and oxygen atoms in total. The third kappa shape index (κ3) is 4.34. The average molecular weight is 368 g/mol. The van der Waals surface area contributed by atoms with E-state index in [9.17, 15) is 18.0 Å². The largest absolute Gasteiger partial charge is 0.478 e. The molecule has 1 atom stereocenters. The number of sulfone groups is 1. The number of amides is 1. The van der Waals surface area contributed by atoms with E-state index in [1.165, 1.54) is 0 Å². The summed E-state index contributed by atoms with van der Waals surface area (Å²) in [5.74, 6) is -1.84. The molecule has 1 amide bonds. The first-order valence-electron chi connectivity index (χ1n) is 6.19. The number of carboxylic acids is 1. The minimum atomic E-state index is -3.75. The summed E-state index contributed by atoms with van der Waals surface area (Å²) < 4.78 is 23.6. The van der Waals surface area contributed by atoms with Gasteiger partial charge in [-0.3, -0.25) is 4.79 Å². The van der Waals surface area contributed by atoms with Crippen LogP contribution in [0.3, 0.4) is 0 Å². The highest BCUT2D eigenvalue weighted by Gasteiger charge is 2.26. The highest BCUT2D eigenvalue weighted by atomic mass is 35.5. The van der Waals surface area contributed by atoms with Gasteiger partial charge < -0.3 is 10.4 Å². The number of halogens is 2. The first-order valence-corrected chi connectivity index (χ1v) is 9.00. The molecule has 0 aliphatic heterocycles. The molecule has 22 heavy (non-hydrogen) atoms. The van der Waals surface area contributed by atoms with Crippen molar-refractivity contribution >= 4 is 44.9 Å². The van der Waals surface area contributed by atoms with Crippen LogP contribution < -0.4 is 5.32 Å². The zero-order valence-corrected chi connectivity index (χ0v) is 14.2. The van der Waals surface area contributed by atoms with Gasteiger partial charge in [0.2, 0.25) is 0 Å². The summed E-state index contributed by atoms with van der Waals surface area (Å²) in [7, 11) is -3.75. The predicted octanol–water partition coefficient (Wildman–Crippen LogP) is 2.05. The van der Waals surface area contributed by atoms with Crippen molar-refractivity contribution in [2.75, 3.05) is 18.7 Å². The van der Waals surface area contributed by atoms with Crippen molar-refractivity contribution in [3.05, 3.63) is 28.3 Å². The standard InChI is InChI=1S/C13H15Cl2NO5S/c1-7(5-14)6-16-12(17)10-9(22(2,20)21)4-3-8(11(10)15)13(18)19/h3-4,7H,5-6H2,1-2H3,(H,16,17)(H,18,19). The topological polar surface area (TPSA) is 101 Å². The molecule has 1 aromatic rings. The molecule has 0 aromatic heterocycles. The summed E-state index contributed by atoms with van der Waals surface area (Å²) in [6.07, 6.45) is 0.914. The smallest absolute Gasteiger partial charge is 0.337 e. The lowest BCUT2D eigenvalue weighted by atomic mass is 10.1. The van der Waals surface area contributed by atoms with Crippen molar-refractivity contribution < 1.29 is 23.1 Å². The minimum Gasteiger partial charge on any atom is -0.478 e. The Morgan fingerprint density at radius 2 is 1.95 bits per heavy atom. The van der Waals surface area contributed by atoms with Crippen LogP contribution in [0, 0.1) is 5.92 Å². The van der Waals surface area contributed by atoms with Crippen molar-refractivity contribution in [2.24, 2.45) is 5.92 Å². The second-order valence-corrected chi connectivity index (χ2v) is 7.52. The van der Waals surface area contributed by atoms with Gasteiger partial charge in [0, 0.05) is 18.7 Å². The van der Waals surface area contributed by atoms with Crippen molar-refractivity contribution in [1.82, 2.24) is 5.32 Å². The number of carbonyl (C=O) groups is 2. The van der Waals surface area contributed by atoms with E-state index in [1.807, 2.05) is 0 Å². The molecule has 0 radical (unpaired) electrons. The average Bonchev–Trinajstić information content (AvgIpc) is 2.42. The molecule has 0 saturated heterocycles. The van der Waals surface area contributed by atoms with E-state index in [0.29, 0.717) is 5.88 Å². The molecule has 1 aromatic carbocycles. The lowest BCUT2D eigenvalue weighted by molar-refractivity contribution is 0.0697. The fraction of sp³-hybridized carbons (Fsp3) is 0.385. The first kappa shape index (κ1) is 18.7. The first-order chi connectivity index (χ1) is 10.1. The Labute approximate surface area is 138 Å². The van der Waals surface area contributed by atoms with E-state index in [0.717, 1.165) is 18.4 Å². The highest BCUT2D eigenvalue weighted by molar-refractivity contribution is 7.90. The number of nitrogens with one attached hydrogen (secondary N) is 1. The molecule has 1 unspecified atom stereocenters. The van der Waals surface area contributed by atoms with Crippen molar-refractivity contribution in [2.45, 2.75) is 11.8 Å². The molecule has 0 bridgehead atoms. The van der Waals surface area contributed by atoms with Crippen molar-refractivity contribution in [1.29, 1.82) is 0 Å². The Balaban J connectivity index is 3.38. The summed E-state index contributed by atoms with van der Waals surface area (Å²) in [6, 6.07) is 2.11. The number of aromatic carboxylic acids is 1. The molecular formula is C13H15Cl2NO5S. The van der Waals surface area contributed by atoms with Gasteiger partial charge in [0.15, 0.2) is 9.84 Å². The van der Waals surface area contributed by atoms with Crippen LogP contribution in [0.25, 0.3) is 0 Å². The molecule has 0 aliphatic rings. The quantitative estimate of drug-likeness (QED) is 0.749. The molecular weight excluding hydrogens is 353 g/mol. The molecule has 0 fully saturated rings. The lowest BCUT2D eigenvalue weighted by Gasteiger charge is -2.14. The van der Waals surface area contributed by atoms with E-state index in [1.54, 1.807) is 6.92 Å². The third-order valence-corrected chi connectivity index (χ3v) is 4.89. The van der Waals surface area contributed by atoms with Crippen molar-refractivity contribution in [3.8, 4) is 0 Å². The number of hydrogen-bond acceptors (Lipinski definition) is 4. The van der Waals surface area contributed by atoms with E-state index in [2.05, 4.69) is 5.32 Å². The Bertz CT molecular complexity index is 703. The van der Waals surface area contributed by atoms with Crippen LogP contribution in [0.4, 0.5) is 0 Å². The minimum absolute atomic E-state index is 0.0336. The van der Waals surface area contributed by atoms with Crippen LogP contribution in [0.1, 0.15) is 27.6 Å². The number of rotatable bonds is 6. The zero-order chi connectivity index (χ0) is 17.1. The molecule has 0 saturated carbocycles. The monoisotopic (exact) mass is 367 g/mol. The van der Waals surface area contributed by atoms with Gasteiger partial charge in [0.05, 0.1) is 21.0 Å². The van der Waals surface area contributed by atoms with Crippen molar-refractivity contribution in [3.63, 3.8) is 0 Å². The maximum absolute atomic E-state index is 12.2. The Morgan fingerprint density at radius 1 is 1.36 bits per heavy atom. The molecule has 2 N–H and O–H groups in total. The van der Waals surface area contributed by atoms with Gasteiger partial charge in [0.25, 0.3) is 5.91 Å². The van der Waals surface area contributed by atoms with Crippen LogP contribution in [-0.2, 0) is 9.84 Å². The third-order valence-electron chi connectivity index (χ3n) is 2.84. The van der Waals surface area contributed by atoms with Gasteiger partial charge in [0.1, 0.15) is 0 Å². The fourth-order valence-electron chi connectivity index (χ4n) is 1.65. The zero-order valence-electron chi connectivity index (χ0n) is 11.9. The van der Waals surface area contributed by atoms with Crippen LogP contribution >= 0.6 is 23.2 Å². The summed E-state index contributed by atoms with van der Waals surface area (Å²) in [4.78, 5) is 23.0. The molecule has 0 spiro atoms. The second kappa shape index (κ2) is 7.30. The van der Waals surface area contributed by atoms with Crippen LogP contribution in [0.5, 0.6) is 0 Å². The van der Waals surface area contributed by atoms with Gasteiger partial charge in [-0.2, -0.15) is 0 Å². The summed E-state index contributed by atoms with van der Waals surface area (Å²) >= 11 is 11.6. The Hall–Kier alpha value is -1.31. The highest BCUT2D eigenvalue weighted by Crippen LogP contribution is 2.28. The summed E-state index contributed by atoms with van der Waals surface area (Å²) in [5, 5.41) is 11.1. The number of carbonyl (C=O) groups excluding carboxylic acids is 1. The predicted molar refractivity (Wildman–Crippen MR) is 83.7 cm³/mol. The Kier molecular flexibility index (Phi) is 6.22. The van der Waals surface area contributed by atoms with E-state index >= 15 is 0 Å². The summed E-state index contributed by atoms with van der Waals surface area (Å²) in [5.41, 5.74) is -0.713. The van der Waals surface area contributed by atoms with Gasteiger partial charge >= 0.3 is 5.97 Å². The summed E-state index contributed by atoms with van der Waals surface area (Å²) in [6.45, 7) is 2.00. The normalized spacial score (nSPS) is 12.7. The number of benzene rings is 1. The fourth-order valence-corrected chi connectivity index (χ4v) is 3.03. The van der Waals surface area contributed by atoms with E-state index in [4.69, 9.17) is 28.3 Å². The van der Waals surface area contributed by atoms with Crippen LogP contribution in [-0.4, -0.2) is 44.1 Å². The van der Waals surface area contributed by atoms with Gasteiger partial charge in [-0.25, -0.2) is 13.2 Å². The lowest BCUT2D eigenvalue weighted by Crippen LogP contribution is -2.30. The number of carboxylic acid groups (broad SMARTS) is 1. The maximum Gasteiger partial charge on any atom is 0.337 e.